The quantitative estimate of drug-likeness (QED) is 0.559. The van der Waals surface area contributed by atoms with E-state index >= 15 is 0 Å². The Bertz CT molecular complexity index is 545. The first-order valence-corrected chi connectivity index (χ1v) is 9.64. The van der Waals surface area contributed by atoms with Gasteiger partial charge in [0.15, 0.2) is 0 Å². The standard InChI is InChI=1S/C22H36O3/c1-8-21(6,24)13-10-17-15(2)14-18(25-16(3)23)19-20(4,5)11-9-12-22(17,19)7/h8,17-19,24H,1-2,9-14H2,3-7H3/t17-,18-,19?,21-,22+/m0/s1. The van der Waals surface area contributed by atoms with Gasteiger partial charge in [0.05, 0.1) is 5.60 Å². The third kappa shape index (κ3) is 4.02. The molecule has 3 heteroatoms. The van der Waals surface area contributed by atoms with Crippen molar-refractivity contribution in [2.75, 3.05) is 0 Å². The minimum atomic E-state index is -0.844. The lowest BCUT2D eigenvalue weighted by Crippen LogP contribution is -2.56. The van der Waals surface area contributed by atoms with Crippen LogP contribution in [0.25, 0.3) is 0 Å². The second kappa shape index (κ2) is 6.90. The minimum Gasteiger partial charge on any atom is -0.462 e. The maximum Gasteiger partial charge on any atom is 0.302 e. The molecule has 0 heterocycles. The summed E-state index contributed by atoms with van der Waals surface area (Å²) in [5, 5.41) is 10.4. The molecule has 2 saturated carbocycles. The van der Waals surface area contributed by atoms with Crippen LogP contribution in [-0.4, -0.2) is 22.8 Å². The highest BCUT2D eigenvalue weighted by Gasteiger charge is 2.57. The molecule has 0 radical (unpaired) electrons. The molecule has 3 nitrogen and oxygen atoms in total. The lowest BCUT2D eigenvalue weighted by molar-refractivity contribution is -0.171. The van der Waals surface area contributed by atoms with Crippen LogP contribution in [-0.2, 0) is 9.53 Å². The van der Waals surface area contributed by atoms with E-state index in [1.165, 1.54) is 18.9 Å². The van der Waals surface area contributed by atoms with E-state index in [-0.39, 0.29) is 22.9 Å². The molecule has 0 aromatic rings. The van der Waals surface area contributed by atoms with Gasteiger partial charge in [-0.15, -0.1) is 6.58 Å². The van der Waals surface area contributed by atoms with Crippen LogP contribution in [0.5, 0.6) is 0 Å². The molecule has 2 aliphatic carbocycles. The van der Waals surface area contributed by atoms with Crippen LogP contribution in [0.4, 0.5) is 0 Å². The molecule has 0 spiro atoms. The number of esters is 1. The zero-order valence-electron chi connectivity index (χ0n) is 16.7. The highest BCUT2D eigenvalue weighted by molar-refractivity contribution is 5.66. The molecule has 0 bridgehead atoms. The summed E-state index contributed by atoms with van der Waals surface area (Å²) >= 11 is 0. The largest absolute Gasteiger partial charge is 0.462 e. The summed E-state index contributed by atoms with van der Waals surface area (Å²) in [6.07, 6.45) is 7.34. The van der Waals surface area contributed by atoms with E-state index in [1.807, 2.05) is 6.92 Å². The lowest BCUT2D eigenvalue weighted by Gasteiger charge is -2.60. The molecule has 2 aliphatic rings. The van der Waals surface area contributed by atoms with Crippen molar-refractivity contribution in [1.29, 1.82) is 0 Å². The summed E-state index contributed by atoms with van der Waals surface area (Å²) in [6.45, 7) is 18.4. The molecule has 0 aromatic heterocycles. The number of hydrogen-bond donors (Lipinski definition) is 1. The third-order valence-corrected chi connectivity index (χ3v) is 6.91. The van der Waals surface area contributed by atoms with Crippen LogP contribution in [0, 0.1) is 22.7 Å². The van der Waals surface area contributed by atoms with Gasteiger partial charge >= 0.3 is 5.97 Å². The first kappa shape index (κ1) is 20.2. The highest BCUT2D eigenvalue weighted by atomic mass is 16.5. The van der Waals surface area contributed by atoms with Crippen molar-refractivity contribution >= 4 is 5.97 Å². The van der Waals surface area contributed by atoms with Crippen molar-refractivity contribution in [2.45, 2.75) is 84.8 Å². The van der Waals surface area contributed by atoms with Crippen molar-refractivity contribution < 1.29 is 14.6 Å². The van der Waals surface area contributed by atoms with Crippen molar-refractivity contribution in [3.8, 4) is 0 Å². The van der Waals surface area contributed by atoms with Gasteiger partial charge in [0.2, 0.25) is 0 Å². The van der Waals surface area contributed by atoms with Crippen LogP contribution in [0.3, 0.4) is 0 Å². The Morgan fingerprint density at radius 3 is 2.60 bits per heavy atom. The Kier molecular flexibility index (Phi) is 5.59. The molecule has 25 heavy (non-hydrogen) atoms. The molecule has 0 saturated heterocycles. The normalized spacial score (nSPS) is 36.9. The lowest BCUT2D eigenvalue weighted by atomic mass is 9.46. The Morgan fingerprint density at radius 1 is 1.40 bits per heavy atom. The van der Waals surface area contributed by atoms with E-state index in [4.69, 9.17) is 4.74 Å². The zero-order chi connectivity index (χ0) is 19.0. The third-order valence-electron chi connectivity index (χ3n) is 6.91. The highest BCUT2D eigenvalue weighted by Crippen LogP contribution is 2.62. The topological polar surface area (TPSA) is 46.5 Å². The number of hydrogen-bond acceptors (Lipinski definition) is 3. The van der Waals surface area contributed by atoms with Crippen molar-refractivity contribution in [3.63, 3.8) is 0 Å². The fourth-order valence-electron chi connectivity index (χ4n) is 5.83. The smallest absolute Gasteiger partial charge is 0.302 e. The van der Waals surface area contributed by atoms with Crippen molar-refractivity contribution in [3.05, 3.63) is 24.8 Å². The number of rotatable bonds is 5. The fourth-order valence-corrected chi connectivity index (χ4v) is 5.83. The molecule has 1 unspecified atom stereocenters. The molecule has 2 fully saturated rings. The van der Waals surface area contributed by atoms with Gasteiger partial charge in [0.1, 0.15) is 6.10 Å². The van der Waals surface area contributed by atoms with Gasteiger partial charge in [-0.3, -0.25) is 4.79 Å². The minimum absolute atomic E-state index is 0.0500. The van der Waals surface area contributed by atoms with E-state index in [2.05, 4.69) is 33.9 Å². The number of carbonyl (C=O) groups is 1. The van der Waals surface area contributed by atoms with Crippen LogP contribution in [0.2, 0.25) is 0 Å². The molecule has 142 valence electrons. The van der Waals surface area contributed by atoms with Gasteiger partial charge in [-0.1, -0.05) is 45.4 Å². The summed E-state index contributed by atoms with van der Waals surface area (Å²) < 4.78 is 5.78. The first-order valence-electron chi connectivity index (χ1n) is 9.64. The number of aliphatic hydroxyl groups is 1. The molecular weight excluding hydrogens is 312 g/mol. The monoisotopic (exact) mass is 348 g/mol. The number of fused-ring (bicyclic) bond motifs is 1. The summed E-state index contributed by atoms with van der Waals surface area (Å²) in [6, 6.07) is 0. The maximum absolute atomic E-state index is 11.7. The average molecular weight is 349 g/mol. The predicted molar refractivity (Wildman–Crippen MR) is 102 cm³/mol. The molecule has 0 aliphatic heterocycles. The van der Waals surface area contributed by atoms with Crippen LogP contribution in [0.1, 0.15) is 73.1 Å². The predicted octanol–water partition coefficient (Wildman–Crippen LogP) is 5.04. The van der Waals surface area contributed by atoms with E-state index in [9.17, 15) is 9.90 Å². The summed E-state index contributed by atoms with van der Waals surface area (Å²) in [5.74, 6) is 0.465. The van der Waals surface area contributed by atoms with E-state index < -0.39 is 5.60 Å². The van der Waals surface area contributed by atoms with Crippen molar-refractivity contribution in [1.82, 2.24) is 0 Å². The number of carbonyl (C=O) groups excluding carboxylic acids is 1. The van der Waals surface area contributed by atoms with Gasteiger partial charge in [0, 0.05) is 19.3 Å². The van der Waals surface area contributed by atoms with E-state index in [1.54, 1.807) is 6.08 Å². The summed E-state index contributed by atoms with van der Waals surface area (Å²) in [7, 11) is 0. The van der Waals surface area contributed by atoms with Crippen LogP contribution in [0.15, 0.2) is 24.8 Å². The van der Waals surface area contributed by atoms with Crippen LogP contribution < -0.4 is 0 Å². The van der Waals surface area contributed by atoms with Crippen molar-refractivity contribution in [2.24, 2.45) is 22.7 Å². The molecule has 0 aromatic carbocycles. The first-order chi connectivity index (χ1) is 11.4. The Hall–Kier alpha value is -1.09. The molecule has 2 rings (SSSR count). The fraction of sp³-hybridized carbons (Fsp3) is 0.773. The Morgan fingerprint density at radius 2 is 2.04 bits per heavy atom. The maximum atomic E-state index is 11.7. The van der Waals surface area contributed by atoms with Gasteiger partial charge < -0.3 is 9.84 Å². The summed E-state index contributed by atoms with van der Waals surface area (Å²) in [4.78, 5) is 11.7. The Balaban J connectivity index is 2.35. The zero-order valence-corrected chi connectivity index (χ0v) is 16.7. The Labute approximate surface area is 153 Å². The second-order valence-electron chi connectivity index (χ2n) is 9.49. The summed E-state index contributed by atoms with van der Waals surface area (Å²) in [5.41, 5.74) is 0.507. The SMILES string of the molecule is C=C[C@](C)(O)CC[C@H]1C(=C)C[C@H](OC(C)=O)C2C(C)(C)CCC[C@@]21C. The molecule has 1 N–H and O–H groups in total. The number of ether oxygens (including phenoxy) is 1. The molecule has 0 amide bonds. The van der Waals surface area contributed by atoms with Gasteiger partial charge in [-0.2, -0.15) is 0 Å². The molecular formula is C22H36O3. The van der Waals surface area contributed by atoms with Gasteiger partial charge in [-0.25, -0.2) is 0 Å². The van der Waals surface area contributed by atoms with Gasteiger partial charge in [-0.05, 0) is 49.4 Å². The van der Waals surface area contributed by atoms with Gasteiger partial charge in [0.25, 0.3) is 0 Å². The molecule has 5 atom stereocenters. The van der Waals surface area contributed by atoms with Crippen LogP contribution >= 0.6 is 0 Å². The van der Waals surface area contributed by atoms with E-state index in [0.717, 1.165) is 25.7 Å². The van der Waals surface area contributed by atoms with E-state index in [0.29, 0.717) is 18.3 Å². The second-order valence-corrected chi connectivity index (χ2v) is 9.49. The average Bonchev–Trinajstić information content (AvgIpc) is 2.44.